The van der Waals surface area contributed by atoms with E-state index in [1.165, 1.54) is 12.1 Å². The predicted molar refractivity (Wildman–Crippen MR) is 114 cm³/mol. The van der Waals surface area contributed by atoms with Gasteiger partial charge in [0.05, 0.1) is 16.6 Å². The van der Waals surface area contributed by atoms with Crippen LogP contribution in [0.3, 0.4) is 0 Å². The molecule has 30 heavy (non-hydrogen) atoms. The van der Waals surface area contributed by atoms with Gasteiger partial charge in [0.2, 0.25) is 0 Å². The molecule has 3 heterocycles. The SMILES string of the molecule is O=c1[nH]c(C2=C[C@H](N3CCN(c4ccc(F)cc4F)CC3)CC2)cc2ncccc12. The Morgan fingerprint density at radius 3 is 2.70 bits per heavy atom. The van der Waals surface area contributed by atoms with Crippen molar-refractivity contribution >= 4 is 22.2 Å². The Labute approximate surface area is 172 Å². The van der Waals surface area contributed by atoms with Crippen molar-refractivity contribution in [2.24, 2.45) is 0 Å². The van der Waals surface area contributed by atoms with Gasteiger partial charge in [0.15, 0.2) is 0 Å². The van der Waals surface area contributed by atoms with Gasteiger partial charge in [-0.15, -0.1) is 0 Å². The number of piperazine rings is 1. The molecular formula is C23H22F2N4O. The highest BCUT2D eigenvalue weighted by Crippen LogP contribution is 2.31. The lowest BCUT2D eigenvalue weighted by atomic mass is 10.1. The molecule has 0 saturated carbocycles. The zero-order valence-corrected chi connectivity index (χ0v) is 16.4. The lowest BCUT2D eigenvalue weighted by molar-refractivity contribution is 0.214. The van der Waals surface area contributed by atoms with Crippen molar-refractivity contribution in [1.82, 2.24) is 14.9 Å². The normalized spacial score (nSPS) is 20.0. The average Bonchev–Trinajstić information content (AvgIpc) is 3.24. The number of fused-ring (bicyclic) bond motifs is 1. The third-order valence-electron chi connectivity index (χ3n) is 6.10. The van der Waals surface area contributed by atoms with Gasteiger partial charge in [-0.05, 0) is 48.7 Å². The summed E-state index contributed by atoms with van der Waals surface area (Å²) in [7, 11) is 0. The second-order valence-corrected chi connectivity index (χ2v) is 7.87. The van der Waals surface area contributed by atoms with Crippen LogP contribution in [-0.2, 0) is 0 Å². The van der Waals surface area contributed by atoms with E-state index in [0.29, 0.717) is 35.7 Å². The number of hydrogen-bond donors (Lipinski definition) is 1. The molecule has 2 aromatic heterocycles. The van der Waals surface area contributed by atoms with E-state index in [1.807, 2.05) is 11.0 Å². The van der Waals surface area contributed by atoms with Gasteiger partial charge in [0, 0.05) is 50.2 Å². The minimum Gasteiger partial charge on any atom is -0.367 e. The lowest BCUT2D eigenvalue weighted by Crippen LogP contribution is -2.49. The van der Waals surface area contributed by atoms with E-state index < -0.39 is 11.6 Å². The topological polar surface area (TPSA) is 52.2 Å². The van der Waals surface area contributed by atoms with Gasteiger partial charge >= 0.3 is 0 Å². The molecule has 0 spiro atoms. The third kappa shape index (κ3) is 3.50. The first-order valence-electron chi connectivity index (χ1n) is 10.2. The molecule has 1 fully saturated rings. The highest BCUT2D eigenvalue weighted by molar-refractivity contribution is 5.81. The molecule has 5 nitrogen and oxygen atoms in total. The molecule has 1 aliphatic heterocycles. The number of aromatic amines is 1. The van der Waals surface area contributed by atoms with E-state index in [-0.39, 0.29) is 5.56 Å². The van der Waals surface area contributed by atoms with Crippen molar-refractivity contribution in [2.75, 3.05) is 31.1 Å². The first-order chi connectivity index (χ1) is 14.6. The minimum atomic E-state index is -0.555. The molecule has 1 aliphatic carbocycles. The van der Waals surface area contributed by atoms with Crippen LogP contribution < -0.4 is 10.5 Å². The van der Waals surface area contributed by atoms with Crippen LogP contribution in [0.2, 0.25) is 0 Å². The van der Waals surface area contributed by atoms with Crippen molar-refractivity contribution in [3.8, 4) is 0 Å². The van der Waals surface area contributed by atoms with Crippen LogP contribution in [0, 0.1) is 11.6 Å². The molecule has 154 valence electrons. The number of benzene rings is 1. The smallest absolute Gasteiger partial charge is 0.257 e. The fourth-order valence-corrected chi connectivity index (χ4v) is 4.51. The first-order valence-corrected chi connectivity index (χ1v) is 10.2. The molecule has 5 rings (SSSR count). The Bertz CT molecular complexity index is 1180. The van der Waals surface area contributed by atoms with E-state index in [1.54, 1.807) is 18.3 Å². The summed E-state index contributed by atoms with van der Waals surface area (Å²) in [4.78, 5) is 24.0. The van der Waals surface area contributed by atoms with Gasteiger partial charge in [-0.25, -0.2) is 8.78 Å². The summed E-state index contributed by atoms with van der Waals surface area (Å²) in [5, 5.41) is 0.598. The highest BCUT2D eigenvalue weighted by Gasteiger charge is 2.27. The Hall–Kier alpha value is -3.06. The maximum Gasteiger partial charge on any atom is 0.257 e. The third-order valence-corrected chi connectivity index (χ3v) is 6.10. The predicted octanol–water partition coefficient (Wildman–Crippen LogP) is 3.57. The zero-order chi connectivity index (χ0) is 20.7. The van der Waals surface area contributed by atoms with Crippen molar-refractivity contribution < 1.29 is 8.78 Å². The average molecular weight is 408 g/mol. The maximum atomic E-state index is 14.1. The van der Waals surface area contributed by atoms with Crippen LogP contribution >= 0.6 is 0 Å². The van der Waals surface area contributed by atoms with Gasteiger partial charge in [-0.2, -0.15) is 0 Å². The molecule has 0 radical (unpaired) electrons. The Kier molecular flexibility index (Phi) is 4.83. The summed E-state index contributed by atoms with van der Waals surface area (Å²) in [6.45, 7) is 3.00. The summed E-state index contributed by atoms with van der Waals surface area (Å²) in [6, 6.07) is 9.53. The number of pyridine rings is 2. The number of halogens is 2. The number of hydrogen-bond acceptors (Lipinski definition) is 4. The lowest BCUT2D eigenvalue weighted by Gasteiger charge is -2.38. The second kappa shape index (κ2) is 7.65. The van der Waals surface area contributed by atoms with E-state index in [4.69, 9.17) is 0 Å². The van der Waals surface area contributed by atoms with Crippen LogP contribution in [0.5, 0.6) is 0 Å². The quantitative estimate of drug-likeness (QED) is 0.720. The summed E-state index contributed by atoms with van der Waals surface area (Å²) >= 11 is 0. The molecule has 1 aromatic carbocycles. The fourth-order valence-electron chi connectivity index (χ4n) is 4.51. The number of nitrogens with one attached hydrogen (secondary N) is 1. The van der Waals surface area contributed by atoms with Gasteiger partial charge in [-0.3, -0.25) is 14.7 Å². The molecule has 0 amide bonds. The summed E-state index contributed by atoms with van der Waals surface area (Å²) in [6.07, 6.45) is 5.81. The molecule has 7 heteroatoms. The Morgan fingerprint density at radius 2 is 1.90 bits per heavy atom. The first kappa shape index (κ1) is 18.9. The molecule has 1 N–H and O–H groups in total. The molecule has 3 aromatic rings. The fraction of sp³-hybridized carbons (Fsp3) is 0.304. The zero-order valence-electron chi connectivity index (χ0n) is 16.4. The number of nitrogens with zero attached hydrogens (tertiary/aromatic N) is 3. The number of anilines is 1. The van der Waals surface area contributed by atoms with Crippen LogP contribution in [0.4, 0.5) is 14.5 Å². The molecule has 1 saturated heterocycles. The second-order valence-electron chi connectivity index (χ2n) is 7.87. The van der Waals surface area contributed by atoms with E-state index in [0.717, 1.165) is 43.3 Å². The minimum absolute atomic E-state index is 0.116. The van der Waals surface area contributed by atoms with Gasteiger partial charge in [0.1, 0.15) is 11.6 Å². The maximum absolute atomic E-state index is 14.1. The van der Waals surface area contributed by atoms with Crippen LogP contribution in [0.25, 0.3) is 16.5 Å². The number of aromatic nitrogens is 2. The number of rotatable bonds is 3. The van der Waals surface area contributed by atoms with Gasteiger partial charge < -0.3 is 9.88 Å². The molecule has 2 aliphatic rings. The Balaban J connectivity index is 1.30. The summed E-state index contributed by atoms with van der Waals surface area (Å²) in [5.41, 5.74) is 3.02. The van der Waals surface area contributed by atoms with Crippen molar-refractivity contribution in [1.29, 1.82) is 0 Å². The largest absolute Gasteiger partial charge is 0.367 e. The summed E-state index contributed by atoms with van der Waals surface area (Å²) in [5.74, 6) is -1.07. The number of allylic oxidation sites excluding steroid dienone is 1. The van der Waals surface area contributed by atoms with Crippen LogP contribution in [0.1, 0.15) is 18.5 Å². The van der Waals surface area contributed by atoms with E-state index >= 15 is 0 Å². The van der Waals surface area contributed by atoms with E-state index in [2.05, 4.69) is 20.9 Å². The summed E-state index contributed by atoms with van der Waals surface area (Å²) < 4.78 is 27.2. The molecular weight excluding hydrogens is 386 g/mol. The van der Waals surface area contributed by atoms with Gasteiger partial charge in [0.25, 0.3) is 5.56 Å². The van der Waals surface area contributed by atoms with Crippen LogP contribution in [0.15, 0.2) is 53.5 Å². The van der Waals surface area contributed by atoms with Crippen molar-refractivity contribution in [3.05, 3.63) is 76.4 Å². The van der Waals surface area contributed by atoms with Crippen molar-refractivity contribution in [2.45, 2.75) is 18.9 Å². The molecule has 1 atom stereocenters. The van der Waals surface area contributed by atoms with Gasteiger partial charge in [-0.1, -0.05) is 6.08 Å². The van der Waals surface area contributed by atoms with Crippen molar-refractivity contribution in [3.63, 3.8) is 0 Å². The molecule has 0 unspecified atom stereocenters. The Morgan fingerprint density at radius 1 is 1.07 bits per heavy atom. The standard InChI is InChI=1S/C23H22F2N4O/c24-16-4-6-22(19(25)13-16)29-10-8-28(9-11-29)17-5-3-15(12-17)20-14-21-18(23(30)27-20)2-1-7-26-21/h1-2,4,6-7,12-14,17H,3,5,8-11H2,(H,27,30)/t17-/m1/s1. The van der Waals surface area contributed by atoms with E-state index in [9.17, 15) is 13.6 Å². The number of H-pyrrole nitrogens is 1. The highest BCUT2D eigenvalue weighted by atomic mass is 19.1. The van der Waals surface area contributed by atoms with Crippen LogP contribution in [-0.4, -0.2) is 47.1 Å². The monoisotopic (exact) mass is 408 g/mol. The molecule has 0 bridgehead atoms.